The van der Waals surface area contributed by atoms with E-state index in [2.05, 4.69) is 5.32 Å². The van der Waals surface area contributed by atoms with E-state index in [4.69, 9.17) is 5.11 Å². The molecule has 3 N–H and O–H groups in total. The number of aliphatic hydroxyl groups excluding tert-OH is 1. The summed E-state index contributed by atoms with van der Waals surface area (Å²) in [5.41, 5.74) is -1.44. The summed E-state index contributed by atoms with van der Waals surface area (Å²) in [5, 5.41) is 21.4. The lowest BCUT2D eigenvalue weighted by atomic mass is 10.1. The molecule has 20 heavy (non-hydrogen) atoms. The van der Waals surface area contributed by atoms with E-state index in [9.17, 15) is 18.3 Å². The first-order chi connectivity index (χ1) is 9.27. The second-order valence-electron chi connectivity index (χ2n) is 4.53. The van der Waals surface area contributed by atoms with Crippen LogP contribution in [0.3, 0.4) is 0 Å². The molecule has 0 heterocycles. The highest BCUT2D eigenvalue weighted by atomic mass is 32.2. The second-order valence-corrected chi connectivity index (χ2v) is 6.37. The molecule has 1 aromatic rings. The molecule has 0 spiro atoms. The zero-order valence-electron chi connectivity index (χ0n) is 11.0. The molecule has 110 valence electrons. The Hall–Kier alpha value is -1.70. The molecule has 0 fully saturated rings. The number of carbonyl (C=O) groups is 1. The molecule has 6 nitrogen and oxygen atoms in total. The third-order valence-electron chi connectivity index (χ3n) is 2.45. The Bertz CT molecular complexity index is 578. The summed E-state index contributed by atoms with van der Waals surface area (Å²) in [6.07, 6.45) is 0.871. The summed E-state index contributed by atoms with van der Waals surface area (Å²) in [5.74, 6) is -0.668. The van der Waals surface area contributed by atoms with Gasteiger partial charge in [-0.3, -0.25) is 4.79 Å². The van der Waals surface area contributed by atoms with Crippen LogP contribution < -0.4 is 5.32 Å². The van der Waals surface area contributed by atoms with Gasteiger partial charge in [0, 0.05) is 18.0 Å². The standard InChI is InChI=1S/C13H17NO5S/c1-13(17,10-15)9-14-12(16)7-8-20(18,19)11-5-3-2-4-6-11/h2-8,15,17H,9-10H2,1H3,(H,14,16). The topological polar surface area (TPSA) is 104 Å². The minimum atomic E-state index is -3.67. The fourth-order valence-electron chi connectivity index (χ4n) is 1.23. The molecule has 1 atom stereocenters. The van der Waals surface area contributed by atoms with E-state index in [-0.39, 0.29) is 11.4 Å². The van der Waals surface area contributed by atoms with Crippen molar-refractivity contribution in [2.24, 2.45) is 0 Å². The summed E-state index contributed by atoms with van der Waals surface area (Å²) < 4.78 is 23.7. The molecule has 1 unspecified atom stereocenters. The van der Waals surface area contributed by atoms with Crippen LogP contribution in [0.2, 0.25) is 0 Å². The van der Waals surface area contributed by atoms with Gasteiger partial charge in [0.2, 0.25) is 5.91 Å². The Morgan fingerprint density at radius 3 is 2.50 bits per heavy atom. The number of amides is 1. The Labute approximate surface area is 117 Å². The summed E-state index contributed by atoms with van der Waals surface area (Å²) in [6, 6.07) is 7.70. The normalized spacial score (nSPS) is 14.9. The van der Waals surface area contributed by atoms with Crippen molar-refractivity contribution in [1.82, 2.24) is 5.32 Å². The minimum absolute atomic E-state index is 0.0893. The number of nitrogens with one attached hydrogen (secondary N) is 1. The molecule has 1 rings (SSSR count). The zero-order chi connectivity index (χ0) is 15.2. The SMILES string of the molecule is CC(O)(CO)CNC(=O)C=CS(=O)(=O)c1ccccc1. The van der Waals surface area contributed by atoms with Gasteiger partial charge in [0.25, 0.3) is 0 Å². The van der Waals surface area contributed by atoms with Crippen molar-refractivity contribution in [3.63, 3.8) is 0 Å². The molecule has 1 aromatic carbocycles. The molecule has 0 aliphatic rings. The Morgan fingerprint density at radius 1 is 1.35 bits per heavy atom. The number of aliphatic hydroxyl groups is 2. The smallest absolute Gasteiger partial charge is 0.244 e. The average molecular weight is 299 g/mol. The molecule has 1 amide bonds. The van der Waals surface area contributed by atoms with Crippen LogP contribution in [0.25, 0.3) is 0 Å². The summed E-state index contributed by atoms with van der Waals surface area (Å²) in [6.45, 7) is 0.648. The van der Waals surface area contributed by atoms with Crippen molar-refractivity contribution in [3.05, 3.63) is 41.8 Å². The molecule has 0 bridgehead atoms. The largest absolute Gasteiger partial charge is 0.393 e. The van der Waals surface area contributed by atoms with Gasteiger partial charge in [-0.2, -0.15) is 0 Å². The Kier molecular flexibility index (Phi) is 5.43. The van der Waals surface area contributed by atoms with Gasteiger partial charge in [-0.25, -0.2) is 8.42 Å². The molecular weight excluding hydrogens is 282 g/mol. The molecule has 7 heteroatoms. The number of rotatable bonds is 6. The predicted octanol–water partition coefficient (Wildman–Crippen LogP) is -0.167. The first-order valence-corrected chi connectivity index (χ1v) is 7.41. The maximum Gasteiger partial charge on any atom is 0.244 e. The van der Waals surface area contributed by atoms with Crippen molar-refractivity contribution in [2.75, 3.05) is 13.2 Å². The number of carbonyl (C=O) groups excluding carboxylic acids is 1. The summed E-state index contributed by atoms with van der Waals surface area (Å²) >= 11 is 0. The molecule has 0 aliphatic carbocycles. The van der Waals surface area contributed by atoms with Crippen LogP contribution in [0.1, 0.15) is 6.92 Å². The fourth-order valence-corrected chi connectivity index (χ4v) is 2.23. The van der Waals surface area contributed by atoms with E-state index in [0.717, 1.165) is 11.5 Å². The van der Waals surface area contributed by atoms with Crippen LogP contribution in [0, 0.1) is 0 Å². The van der Waals surface area contributed by atoms with Crippen LogP contribution in [0.5, 0.6) is 0 Å². The van der Waals surface area contributed by atoms with Gasteiger partial charge in [0.15, 0.2) is 9.84 Å². The van der Waals surface area contributed by atoms with Crippen LogP contribution >= 0.6 is 0 Å². The number of hydrogen-bond acceptors (Lipinski definition) is 5. The number of benzene rings is 1. The van der Waals surface area contributed by atoms with Crippen molar-refractivity contribution >= 4 is 15.7 Å². The quantitative estimate of drug-likeness (QED) is 0.633. The van der Waals surface area contributed by atoms with Crippen LogP contribution in [-0.4, -0.2) is 43.3 Å². The first-order valence-electron chi connectivity index (χ1n) is 5.86. The fraction of sp³-hybridized carbons (Fsp3) is 0.308. The maximum atomic E-state index is 11.8. The molecule has 0 aliphatic heterocycles. The van der Waals surface area contributed by atoms with E-state index in [0.29, 0.717) is 0 Å². The first kappa shape index (κ1) is 16.4. The number of hydrogen-bond donors (Lipinski definition) is 3. The van der Waals surface area contributed by atoms with Crippen molar-refractivity contribution < 1.29 is 23.4 Å². The van der Waals surface area contributed by atoms with Crippen molar-refractivity contribution in [2.45, 2.75) is 17.4 Å². The second kappa shape index (κ2) is 6.65. The lowest BCUT2D eigenvalue weighted by Gasteiger charge is -2.19. The van der Waals surface area contributed by atoms with Gasteiger partial charge in [0.05, 0.1) is 11.5 Å². The Morgan fingerprint density at radius 2 is 1.95 bits per heavy atom. The van der Waals surface area contributed by atoms with Crippen LogP contribution in [-0.2, 0) is 14.6 Å². The van der Waals surface area contributed by atoms with E-state index >= 15 is 0 Å². The van der Waals surface area contributed by atoms with E-state index < -0.39 is 28.0 Å². The third kappa shape index (κ3) is 5.12. The van der Waals surface area contributed by atoms with Crippen molar-refractivity contribution in [1.29, 1.82) is 0 Å². The van der Waals surface area contributed by atoms with Crippen LogP contribution in [0.15, 0.2) is 46.7 Å². The van der Waals surface area contributed by atoms with Crippen LogP contribution in [0.4, 0.5) is 0 Å². The highest BCUT2D eigenvalue weighted by molar-refractivity contribution is 7.94. The minimum Gasteiger partial charge on any atom is -0.393 e. The highest BCUT2D eigenvalue weighted by Crippen LogP contribution is 2.10. The van der Waals surface area contributed by atoms with Gasteiger partial charge < -0.3 is 15.5 Å². The molecular formula is C13H17NO5S. The van der Waals surface area contributed by atoms with Gasteiger partial charge in [-0.05, 0) is 19.1 Å². The lowest BCUT2D eigenvalue weighted by Crippen LogP contribution is -2.42. The van der Waals surface area contributed by atoms with Gasteiger partial charge >= 0.3 is 0 Å². The molecule has 0 aromatic heterocycles. The monoisotopic (exact) mass is 299 g/mol. The average Bonchev–Trinajstić information content (AvgIpc) is 2.44. The maximum absolute atomic E-state index is 11.8. The summed E-state index contributed by atoms with van der Waals surface area (Å²) in [7, 11) is -3.67. The number of sulfone groups is 1. The van der Waals surface area contributed by atoms with E-state index in [1.807, 2.05) is 0 Å². The van der Waals surface area contributed by atoms with Crippen molar-refractivity contribution in [3.8, 4) is 0 Å². The van der Waals surface area contributed by atoms with E-state index in [1.165, 1.54) is 19.1 Å². The molecule has 0 saturated carbocycles. The van der Waals surface area contributed by atoms with Gasteiger partial charge in [-0.1, -0.05) is 18.2 Å². The predicted molar refractivity (Wildman–Crippen MR) is 73.5 cm³/mol. The zero-order valence-corrected chi connectivity index (χ0v) is 11.8. The molecule has 0 radical (unpaired) electrons. The lowest BCUT2D eigenvalue weighted by molar-refractivity contribution is -0.118. The van der Waals surface area contributed by atoms with Gasteiger partial charge in [-0.15, -0.1) is 0 Å². The van der Waals surface area contributed by atoms with E-state index in [1.54, 1.807) is 18.2 Å². The molecule has 0 saturated heterocycles. The summed E-state index contributed by atoms with van der Waals surface area (Å²) in [4.78, 5) is 11.5. The highest BCUT2D eigenvalue weighted by Gasteiger charge is 2.19. The third-order valence-corrected chi connectivity index (χ3v) is 3.88. The Balaban J connectivity index is 2.66. The van der Waals surface area contributed by atoms with Gasteiger partial charge in [0.1, 0.15) is 5.60 Å².